The average Bonchev–Trinajstić information content (AvgIpc) is 3.27. The van der Waals surface area contributed by atoms with Crippen LogP contribution < -0.4 is 5.32 Å². The van der Waals surface area contributed by atoms with E-state index in [0.29, 0.717) is 23.8 Å². The number of likely N-dealkylation sites (tertiary alicyclic amines) is 1. The molecule has 118 valence electrons. The monoisotopic (exact) mass is 311 g/mol. The number of nitrogens with zero attached hydrogens (tertiary/aromatic N) is 5. The van der Waals surface area contributed by atoms with Crippen LogP contribution in [0, 0.1) is 0 Å². The Bertz CT molecular complexity index is 810. The highest BCUT2D eigenvalue weighted by Crippen LogP contribution is 2.26. The van der Waals surface area contributed by atoms with Gasteiger partial charge in [0.15, 0.2) is 5.65 Å². The molecule has 4 rings (SSSR count). The summed E-state index contributed by atoms with van der Waals surface area (Å²) < 4.78 is 1.78. The first-order valence-electron chi connectivity index (χ1n) is 7.65. The van der Waals surface area contributed by atoms with Crippen LogP contribution in [0.5, 0.6) is 0 Å². The van der Waals surface area contributed by atoms with Gasteiger partial charge in [0.05, 0.1) is 5.69 Å². The first-order chi connectivity index (χ1) is 11.3. The lowest BCUT2D eigenvalue weighted by Gasteiger charge is -2.32. The predicted octanol–water partition coefficient (Wildman–Crippen LogP) is 1.86. The summed E-state index contributed by atoms with van der Waals surface area (Å²) in [4.78, 5) is 14.4. The van der Waals surface area contributed by atoms with Gasteiger partial charge < -0.3 is 10.2 Å². The van der Waals surface area contributed by atoms with Gasteiger partial charge in [-0.2, -0.15) is 5.10 Å². The molecule has 23 heavy (non-hydrogen) atoms. The number of anilines is 1. The van der Waals surface area contributed by atoms with Gasteiger partial charge in [-0.3, -0.25) is 9.50 Å². The highest BCUT2D eigenvalue weighted by atomic mass is 16.2. The number of fused-ring (bicyclic) bond motifs is 1. The SMILES string of the molecule is O=C(Nc1cccn2cnnc12)N1CCC[C@@H](c2ccn[nH]2)C1. The summed E-state index contributed by atoms with van der Waals surface area (Å²) in [5.74, 6) is 0.306. The largest absolute Gasteiger partial charge is 0.324 e. The van der Waals surface area contributed by atoms with Crippen LogP contribution in [0.2, 0.25) is 0 Å². The second kappa shape index (κ2) is 5.71. The van der Waals surface area contributed by atoms with Crippen molar-refractivity contribution in [3.8, 4) is 0 Å². The van der Waals surface area contributed by atoms with E-state index < -0.39 is 0 Å². The molecule has 0 saturated carbocycles. The van der Waals surface area contributed by atoms with Crippen LogP contribution >= 0.6 is 0 Å². The molecule has 0 bridgehead atoms. The summed E-state index contributed by atoms with van der Waals surface area (Å²) in [6, 6.07) is 5.56. The standard InChI is InChI=1S/C15H17N7O/c23-15(18-13-4-2-8-22-10-17-20-14(13)22)21-7-1-3-11(9-21)12-5-6-16-19-12/h2,4-6,8,10-11H,1,3,7,9H2,(H,16,19)(H,18,23)/t11-/m1/s1. The zero-order chi connectivity index (χ0) is 15.6. The minimum Gasteiger partial charge on any atom is -0.324 e. The van der Waals surface area contributed by atoms with Gasteiger partial charge in [0.1, 0.15) is 6.33 Å². The number of carbonyl (C=O) groups is 1. The molecule has 2 amide bonds. The number of carbonyl (C=O) groups excluding carboxylic acids is 1. The normalized spacial score (nSPS) is 18.3. The molecule has 1 atom stereocenters. The highest BCUT2D eigenvalue weighted by molar-refractivity contribution is 5.93. The zero-order valence-corrected chi connectivity index (χ0v) is 12.5. The van der Waals surface area contributed by atoms with E-state index in [2.05, 4.69) is 25.7 Å². The van der Waals surface area contributed by atoms with Crippen LogP contribution in [-0.4, -0.2) is 48.8 Å². The Morgan fingerprint density at radius 2 is 2.35 bits per heavy atom. The summed E-state index contributed by atoms with van der Waals surface area (Å²) in [7, 11) is 0. The number of urea groups is 1. The Morgan fingerprint density at radius 3 is 3.22 bits per heavy atom. The van der Waals surface area contributed by atoms with Crippen molar-refractivity contribution in [1.29, 1.82) is 0 Å². The fraction of sp³-hybridized carbons (Fsp3) is 0.333. The first kappa shape index (κ1) is 13.7. The van der Waals surface area contributed by atoms with Crippen molar-refractivity contribution < 1.29 is 4.79 Å². The number of hydrogen-bond acceptors (Lipinski definition) is 4. The third kappa shape index (κ3) is 2.63. The van der Waals surface area contributed by atoms with Crippen LogP contribution in [0.3, 0.4) is 0 Å². The summed E-state index contributed by atoms with van der Waals surface area (Å²) in [6.07, 6.45) is 7.25. The molecular formula is C15H17N7O. The summed E-state index contributed by atoms with van der Waals surface area (Å²) in [5, 5.41) is 17.9. The van der Waals surface area contributed by atoms with Crippen molar-refractivity contribution in [2.24, 2.45) is 0 Å². The molecule has 0 radical (unpaired) electrons. The number of H-pyrrole nitrogens is 1. The third-order valence-corrected chi connectivity index (χ3v) is 4.24. The van der Waals surface area contributed by atoms with Crippen molar-refractivity contribution in [1.82, 2.24) is 29.7 Å². The molecule has 0 spiro atoms. The van der Waals surface area contributed by atoms with Crippen LogP contribution in [0.1, 0.15) is 24.5 Å². The van der Waals surface area contributed by atoms with Gasteiger partial charge >= 0.3 is 6.03 Å². The number of hydrogen-bond donors (Lipinski definition) is 2. The summed E-state index contributed by atoms with van der Waals surface area (Å²) >= 11 is 0. The molecule has 0 aromatic carbocycles. The Morgan fingerprint density at radius 1 is 1.39 bits per heavy atom. The van der Waals surface area contributed by atoms with Crippen molar-refractivity contribution in [3.63, 3.8) is 0 Å². The van der Waals surface area contributed by atoms with E-state index >= 15 is 0 Å². The van der Waals surface area contributed by atoms with Gasteiger partial charge in [-0.1, -0.05) is 0 Å². The molecule has 2 N–H and O–H groups in total. The third-order valence-electron chi connectivity index (χ3n) is 4.24. The maximum atomic E-state index is 12.6. The topological polar surface area (TPSA) is 91.2 Å². The van der Waals surface area contributed by atoms with Crippen LogP contribution in [0.15, 0.2) is 36.9 Å². The Labute approximate surface area is 132 Å². The molecule has 8 heteroatoms. The Kier molecular flexibility index (Phi) is 3.41. The van der Waals surface area contributed by atoms with Crippen molar-refractivity contribution in [3.05, 3.63) is 42.6 Å². The van der Waals surface area contributed by atoms with Gasteiger partial charge in [0, 0.05) is 37.1 Å². The second-order valence-corrected chi connectivity index (χ2v) is 5.71. The lowest BCUT2D eigenvalue weighted by molar-refractivity contribution is 0.192. The van der Waals surface area contributed by atoms with E-state index in [1.54, 1.807) is 16.9 Å². The van der Waals surface area contributed by atoms with Crippen LogP contribution in [0.25, 0.3) is 5.65 Å². The van der Waals surface area contributed by atoms with E-state index in [0.717, 1.165) is 25.1 Å². The van der Waals surface area contributed by atoms with Gasteiger partial charge in [0.25, 0.3) is 0 Å². The number of pyridine rings is 1. The highest BCUT2D eigenvalue weighted by Gasteiger charge is 2.25. The molecule has 1 aliphatic heterocycles. The smallest absolute Gasteiger partial charge is 0.321 e. The second-order valence-electron chi connectivity index (χ2n) is 5.71. The molecule has 1 fully saturated rings. The molecule has 4 heterocycles. The number of aromatic amines is 1. The molecule has 3 aromatic rings. The van der Waals surface area contributed by atoms with E-state index in [1.165, 1.54) is 0 Å². The summed E-state index contributed by atoms with van der Waals surface area (Å²) in [5.41, 5.74) is 2.39. The van der Waals surface area contributed by atoms with Gasteiger partial charge in [-0.15, -0.1) is 10.2 Å². The van der Waals surface area contributed by atoms with Gasteiger partial charge in [-0.05, 0) is 31.0 Å². The lowest BCUT2D eigenvalue weighted by atomic mass is 9.95. The Hall–Kier alpha value is -2.90. The van der Waals surface area contributed by atoms with Crippen molar-refractivity contribution in [2.75, 3.05) is 18.4 Å². The number of amides is 2. The van der Waals surface area contributed by atoms with Gasteiger partial charge in [-0.25, -0.2) is 4.79 Å². The number of piperidine rings is 1. The molecule has 1 aliphatic rings. The maximum Gasteiger partial charge on any atom is 0.321 e. The molecule has 3 aromatic heterocycles. The predicted molar refractivity (Wildman–Crippen MR) is 84.1 cm³/mol. The number of nitrogens with one attached hydrogen (secondary N) is 2. The minimum absolute atomic E-state index is 0.106. The van der Waals surface area contributed by atoms with E-state index in [-0.39, 0.29) is 6.03 Å². The van der Waals surface area contributed by atoms with Crippen LogP contribution in [0.4, 0.5) is 10.5 Å². The van der Waals surface area contributed by atoms with Gasteiger partial charge in [0.2, 0.25) is 0 Å². The fourth-order valence-corrected chi connectivity index (χ4v) is 3.05. The van der Waals surface area contributed by atoms with Crippen molar-refractivity contribution >= 4 is 17.4 Å². The van der Waals surface area contributed by atoms with E-state index in [1.807, 2.05) is 29.3 Å². The van der Waals surface area contributed by atoms with Crippen molar-refractivity contribution in [2.45, 2.75) is 18.8 Å². The molecule has 8 nitrogen and oxygen atoms in total. The average molecular weight is 311 g/mol. The number of aromatic nitrogens is 5. The zero-order valence-electron chi connectivity index (χ0n) is 12.5. The molecule has 1 saturated heterocycles. The number of rotatable bonds is 2. The fourth-order valence-electron chi connectivity index (χ4n) is 3.05. The minimum atomic E-state index is -0.106. The quantitative estimate of drug-likeness (QED) is 0.756. The molecule has 0 aliphatic carbocycles. The summed E-state index contributed by atoms with van der Waals surface area (Å²) in [6.45, 7) is 1.44. The lowest BCUT2D eigenvalue weighted by Crippen LogP contribution is -2.41. The van der Waals surface area contributed by atoms with Crippen LogP contribution in [-0.2, 0) is 0 Å². The van der Waals surface area contributed by atoms with E-state index in [9.17, 15) is 4.79 Å². The molecular weight excluding hydrogens is 294 g/mol. The molecule has 0 unspecified atom stereocenters. The maximum absolute atomic E-state index is 12.6. The van der Waals surface area contributed by atoms with E-state index in [4.69, 9.17) is 0 Å². The first-order valence-corrected chi connectivity index (χ1v) is 7.65. The Balaban J connectivity index is 1.49.